The summed E-state index contributed by atoms with van der Waals surface area (Å²) in [7, 11) is 0. The van der Waals surface area contributed by atoms with Gasteiger partial charge in [-0.1, -0.05) is 40.5 Å². The zero-order valence-corrected chi connectivity index (χ0v) is 10.9. The third kappa shape index (κ3) is 7.80. The second kappa shape index (κ2) is 9.17. The van der Waals surface area contributed by atoms with Crippen LogP contribution in [0.3, 0.4) is 0 Å². The van der Waals surface area contributed by atoms with Crippen LogP contribution in [0, 0.1) is 5.92 Å². The molecule has 0 saturated heterocycles. The van der Waals surface area contributed by atoms with Crippen LogP contribution in [0.2, 0.25) is 0 Å². The molecular weight excluding hydrogens is 186 g/mol. The van der Waals surface area contributed by atoms with E-state index in [0.717, 1.165) is 13.0 Å². The number of nitrogens with one attached hydrogen (secondary N) is 1. The van der Waals surface area contributed by atoms with Crippen molar-refractivity contribution in [2.24, 2.45) is 5.92 Å². The van der Waals surface area contributed by atoms with E-state index in [2.05, 4.69) is 33.0 Å². The second-order valence-electron chi connectivity index (χ2n) is 4.83. The molecule has 0 bridgehead atoms. The third-order valence-corrected chi connectivity index (χ3v) is 2.92. The van der Waals surface area contributed by atoms with E-state index < -0.39 is 0 Å². The molecule has 0 amide bonds. The van der Waals surface area contributed by atoms with Crippen molar-refractivity contribution < 1.29 is 5.11 Å². The fraction of sp³-hybridized carbons (Fsp3) is 1.00. The molecule has 0 aromatic carbocycles. The molecule has 2 heteroatoms. The maximum atomic E-state index is 9.66. The van der Waals surface area contributed by atoms with Crippen molar-refractivity contribution in [3.8, 4) is 0 Å². The van der Waals surface area contributed by atoms with Crippen LogP contribution in [0.1, 0.15) is 59.8 Å². The van der Waals surface area contributed by atoms with Crippen molar-refractivity contribution in [1.29, 1.82) is 0 Å². The summed E-state index contributed by atoms with van der Waals surface area (Å²) in [6.07, 6.45) is 5.72. The van der Waals surface area contributed by atoms with Gasteiger partial charge in [-0.2, -0.15) is 0 Å². The minimum absolute atomic E-state index is 0.151. The van der Waals surface area contributed by atoms with E-state index in [9.17, 15) is 5.11 Å². The number of hydrogen-bond acceptors (Lipinski definition) is 2. The van der Waals surface area contributed by atoms with E-state index >= 15 is 0 Å². The largest absolute Gasteiger partial charge is 0.393 e. The van der Waals surface area contributed by atoms with Crippen LogP contribution >= 0.6 is 0 Å². The van der Waals surface area contributed by atoms with E-state index in [1.165, 1.54) is 25.7 Å². The molecular formula is C13H29NO. The van der Waals surface area contributed by atoms with Crippen LogP contribution in [0.15, 0.2) is 0 Å². The molecule has 0 radical (unpaired) electrons. The van der Waals surface area contributed by atoms with Crippen molar-refractivity contribution in [1.82, 2.24) is 5.32 Å². The Kier molecular flexibility index (Phi) is 9.12. The molecule has 0 rings (SSSR count). The molecule has 0 aliphatic rings. The van der Waals surface area contributed by atoms with Crippen molar-refractivity contribution in [2.75, 3.05) is 6.54 Å². The summed E-state index contributed by atoms with van der Waals surface area (Å²) in [5, 5.41) is 13.2. The summed E-state index contributed by atoms with van der Waals surface area (Å²) >= 11 is 0. The van der Waals surface area contributed by atoms with Gasteiger partial charge in [-0.15, -0.1) is 0 Å². The summed E-state index contributed by atoms with van der Waals surface area (Å²) in [6.45, 7) is 9.55. The van der Waals surface area contributed by atoms with Crippen molar-refractivity contribution in [3.05, 3.63) is 0 Å². The second-order valence-corrected chi connectivity index (χ2v) is 4.83. The number of rotatable bonds is 9. The average Bonchev–Trinajstić information content (AvgIpc) is 2.18. The fourth-order valence-corrected chi connectivity index (χ4v) is 1.81. The van der Waals surface area contributed by atoms with Gasteiger partial charge in [-0.05, 0) is 31.7 Å². The molecule has 1 atom stereocenters. The Labute approximate surface area is 95.5 Å². The smallest absolute Gasteiger partial charge is 0.0575 e. The van der Waals surface area contributed by atoms with Gasteiger partial charge in [0.15, 0.2) is 0 Å². The van der Waals surface area contributed by atoms with Gasteiger partial charge in [-0.3, -0.25) is 0 Å². The van der Waals surface area contributed by atoms with E-state index in [1.807, 2.05) is 0 Å². The third-order valence-electron chi connectivity index (χ3n) is 2.92. The fourth-order valence-electron chi connectivity index (χ4n) is 1.81. The molecule has 0 spiro atoms. The normalized spacial score (nSPS) is 13.8. The summed E-state index contributed by atoms with van der Waals surface area (Å²) in [5.74, 6) is 0.377. The standard InChI is InChI=1S/C13H29NO/c1-5-7-12(8-6-2)14-10-9-13(15)11(3)4/h11-15H,5-10H2,1-4H3. The highest BCUT2D eigenvalue weighted by Crippen LogP contribution is 2.07. The van der Waals surface area contributed by atoms with Crippen LogP contribution in [0.25, 0.3) is 0 Å². The quantitative estimate of drug-likeness (QED) is 0.620. The molecule has 2 N–H and O–H groups in total. The minimum Gasteiger partial charge on any atom is -0.393 e. The number of aliphatic hydroxyl groups excluding tert-OH is 1. The number of aliphatic hydroxyl groups is 1. The first-order chi connectivity index (χ1) is 7.11. The SMILES string of the molecule is CCCC(CCC)NCCC(O)C(C)C. The van der Waals surface area contributed by atoms with Crippen LogP contribution < -0.4 is 5.32 Å². The Morgan fingerprint density at radius 2 is 1.53 bits per heavy atom. The van der Waals surface area contributed by atoms with Crippen LogP contribution in [0.4, 0.5) is 0 Å². The zero-order valence-electron chi connectivity index (χ0n) is 10.9. The van der Waals surface area contributed by atoms with Gasteiger partial charge >= 0.3 is 0 Å². The maximum absolute atomic E-state index is 9.66. The Hall–Kier alpha value is -0.0800. The molecule has 0 aliphatic heterocycles. The van der Waals surface area contributed by atoms with E-state index in [0.29, 0.717) is 12.0 Å². The Balaban J connectivity index is 3.60. The molecule has 15 heavy (non-hydrogen) atoms. The lowest BCUT2D eigenvalue weighted by Crippen LogP contribution is -2.32. The average molecular weight is 215 g/mol. The summed E-state index contributed by atoms with van der Waals surface area (Å²) in [5.41, 5.74) is 0. The lowest BCUT2D eigenvalue weighted by molar-refractivity contribution is 0.115. The monoisotopic (exact) mass is 215 g/mol. The first kappa shape index (κ1) is 14.9. The van der Waals surface area contributed by atoms with Gasteiger partial charge in [0.1, 0.15) is 0 Å². The topological polar surface area (TPSA) is 32.3 Å². The summed E-state index contributed by atoms with van der Waals surface area (Å²) in [6, 6.07) is 0.652. The molecule has 0 heterocycles. The van der Waals surface area contributed by atoms with Gasteiger partial charge in [0.2, 0.25) is 0 Å². The van der Waals surface area contributed by atoms with Crippen molar-refractivity contribution in [2.45, 2.75) is 71.9 Å². The Bertz CT molecular complexity index is 130. The summed E-state index contributed by atoms with van der Waals surface area (Å²) in [4.78, 5) is 0. The first-order valence-corrected chi connectivity index (χ1v) is 6.53. The van der Waals surface area contributed by atoms with E-state index in [-0.39, 0.29) is 6.10 Å². The Morgan fingerprint density at radius 3 is 1.93 bits per heavy atom. The lowest BCUT2D eigenvalue weighted by Gasteiger charge is -2.20. The molecule has 0 saturated carbocycles. The zero-order chi connectivity index (χ0) is 11.7. The molecule has 2 nitrogen and oxygen atoms in total. The van der Waals surface area contributed by atoms with E-state index in [1.54, 1.807) is 0 Å². The van der Waals surface area contributed by atoms with Crippen molar-refractivity contribution >= 4 is 0 Å². The van der Waals surface area contributed by atoms with E-state index in [4.69, 9.17) is 0 Å². The van der Waals surface area contributed by atoms with Crippen LogP contribution in [0.5, 0.6) is 0 Å². The highest BCUT2D eigenvalue weighted by Gasteiger charge is 2.10. The highest BCUT2D eigenvalue weighted by atomic mass is 16.3. The van der Waals surface area contributed by atoms with Gasteiger partial charge in [-0.25, -0.2) is 0 Å². The first-order valence-electron chi connectivity index (χ1n) is 6.53. The van der Waals surface area contributed by atoms with Gasteiger partial charge in [0.25, 0.3) is 0 Å². The molecule has 92 valence electrons. The predicted octanol–water partition coefficient (Wildman–Crippen LogP) is 2.95. The van der Waals surface area contributed by atoms with Crippen molar-refractivity contribution in [3.63, 3.8) is 0 Å². The molecule has 0 aromatic heterocycles. The Morgan fingerprint density at radius 1 is 1.00 bits per heavy atom. The van der Waals surface area contributed by atoms with Gasteiger partial charge in [0, 0.05) is 6.04 Å². The van der Waals surface area contributed by atoms with Crippen LogP contribution in [-0.2, 0) is 0 Å². The molecule has 0 fully saturated rings. The predicted molar refractivity (Wildman–Crippen MR) is 67.1 cm³/mol. The van der Waals surface area contributed by atoms with Gasteiger partial charge in [0.05, 0.1) is 6.10 Å². The lowest BCUT2D eigenvalue weighted by atomic mass is 10.0. The molecule has 0 aromatic rings. The van der Waals surface area contributed by atoms with Crippen LogP contribution in [-0.4, -0.2) is 23.8 Å². The summed E-state index contributed by atoms with van der Waals surface area (Å²) < 4.78 is 0. The highest BCUT2D eigenvalue weighted by molar-refractivity contribution is 4.68. The molecule has 0 aliphatic carbocycles. The minimum atomic E-state index is -0.151. The number of hydrogen-bond donors (Lipinski definition) is 2. The maximum Gasteiger partial charge on any atom is 0.0575 e. The molecule has 1 unspecified atom stereocenters. The van der Waals surface area contributed by atoms with Gasteiger partial charge < -0.3 is 10.4 Å².